The number of hydrogen-bond acceptors (Lipinski definition) is 6. The number of carbonyl (C=O) groups is 1. The minimum atomic E-state index is -0.824. The van der Waals surface area contributed by atoms with Crippen molar-refractivity contribution >= 4 is 29.7 Å². The second kappa shape index (κ2) is 11.8. The minimum Gasteiger partial charge on any atom is -0.274 e. The second-order valence-electron chi connectivity index (χ2n) is 6.40. The standard InChI is InChI=1S/C22H22F2N6OS/c1-3-5-16(11-25)14(2)28-12-15-8-9-21(19(24)10-15)32-13-17-18(23)6-4-7-20(17)30(27)22(31)29-26/h3-10,12H,13,26-27H2,1-2H3,(H,29,31)/b5-3-,16-14+,28-12+. The lowest BCUT2D eigenvalue weighted by molar-refractivity contribution is 0.246. The fourth-order valence-corrected chi connectivity index (χ4v) is 3.55. The maximum Gasteiger partial charge on any atom is 0.350 e. The van der Waals surface area contributed by atoms with Crippen molar-refractivity contribution in [3.8, 4) is 6.07 Å². The Labute approximate surface area is 189 Å². The van der Waals surface area contributed by atoms with Crippen LogP contribution in [-0.2, 0) is 5.75 Å². The molecule has 0 bridgehead atoms. The van der Waals surface area contributed by atoms with Crippen LogP contribution in [0, 0.1) is 23.0 Å². The van der Waals surface area contributed by atoms with Crippen molar-refractivity contribution in [1.82, 2.24) is 5.43 Å². The van der Waals surface area contributed by atoms with E-state index >= 15 is 0 Å². The molecule has 32 heavy (non-hydrogen) atoms. The number of benzene rings is 2. The summed E-state index contributed by atoms with van der Waals surface area (Å²) in [6.45, 7) is 3.48. The van der Waals surface area contributed by atoms with E-state index in [1.54, 1.807) is 38.1 Å². The Morgan fingerprint density at radius 3 is 2.69 bits per heavy atom. The molecule has 10 heteroatoms. The van der Waals surface area contributed by atoms with Crippen LogP contribution in [0.4, 0.5) is 19.3 Å². The number of urea groups is 1. The average molecular weight is 457 g/mol. The largest absolute Gasteiger partial charge is 0.350 e. The van der Waals surface area contributed by atoms with E-state index in [4.69, 9.17) is 16.9 Å². The van der Waals surface area contributed by atoms with Gasteiger partial charge in [-0.3, -0.25) is 10.4 Å². The van der Waals surface area contributed by atoms with Crippen LogP contribution in [0.2, 0.25) is 0 Å². The molecule has 0 saturated carbocycles. The van der Waals surface area contributed by atoms with E-state index in [9.17, 15) is 13.6 Å². The topological polar surface area (TPSA) is 121 Å². The molecule has 0 saturated heterocycles. The van der Waals surface area contributed by atoms with Crippen LogP contribution in [-0.4, -0.2) is 12.2 Å². The molecule has 0 fully saturated rings. The highest BCUT2D eigenvalue weighted by Gasteiger charge is 2.18. The highest BCUT2D eigenvalue weighted by molar-refractivity contribution is 7.98. The first kappa shape index (κ1) is 24.7. The zero-order valence-corrected chi connectivity index (χ0v) is 18.3. The molecule has 0 heterocycles. The number of nitrogens with two attached hydrogens (primary N) is 2. The van der Waals surface area contributed by atoms with Crippen LogP contribution in [0.15, 0.2) is 69.7 Å². The number of nitrogens with zero attached hydrogens (tertiary/aromatic N) is 3. The van der Waals surface area contributed by atoms with Crippen LogP contribution in [0.1, 0.15) is 25.0 Å². The first-order valence-electron chi connectivity index (χ1n) is 9.35. The van der Waals surface area contributed by atoms with Gasteiger partial charge in [0.2, 0.25) is 0 Å². The summed E-state index contributed by atoms with van der Waals surface area (Å²) in [7, 11) is 0. The average Bonchev–Trinajstić information content (AvgIpc) is 2.79. The summed E-state index contributed by atoms with van der Waals surface area (Å²) >= 11 is 1.05. The van der Waals surface area contributed by atoms with E-state index in [0.29, 0.717) is 21.8 Å². The third-order valence-corrected chi connectivity index (χ3v) is 5.35. The molecule has 2 amide bonds. The maximum atomic E-state index is 14.6. The molecule has 5 N–H and O–H groups in total. The summed E-state index contributed by atoms with van der Waals surface area (Å²) in [6, 6.07) is 9.81. The molecule has 0 spiro atoms. The van der Waals surface area contributed by atoms with Gasteiger partial charge in [0.05, 0.1) is 17.0 Å². The smallest absolute Gasteiger partial charge is 0.274 e. The van der Waals surface area contributed by atoms with Gasteiger partial charge >= 0.3 is 6.03 Å². The maximum absolute atomic E-state index is 14.6. The van der Waals surface area contributed by atoms with Gasteiger partial charge in [-0.15, -0.1) is 11.8 Å². The van der Waals surface area contributed by atoms with Crippen LogP contribution in [0.5, 0.6) is 0 Å². The van der Waals surface area contributed by atoms with Gasteiger partial charge in [-0.25, -0.2) is 30.3 Å². The molecule has 0 aliphatic carbocycles. The van der Waals surface area contributed by atoms with E-state index in [0.717, 1.165) is 11.8 Å². The molecular formula is C22H22F2N6OS. The van der Waals surface area contributed by atoms with Crippen LogP contribution >= 0.6 is 11.8 Å². The van der Waals surface area contributed by atoms with Crippen LogP contribution in [0.3, 0.4) is 0 Å². The van der Waals surface area contributed by atoms with Gasteiger partial charge < -0.3 is 0 Å². The predicted octanol–water partition coefficient (Wildman–Crippen LogP) is 4.31. The van der Waals surface area contributed by atoms with Gasteiger partial charge in [0.1, 0.15) is 17.7 Å². The molecule has 2 rings (SSSR count). The molecule has 0 aliphatic heterocycles. The molecule has 7 nitrogen and oxygen atoms in total. The summed E-state index contributed by atoms with van der Waals surface area (Å²) in [5.41, 5.74) is 3.53. The van der Waals surface area contributed by atoms with Crippen LogP contribution < -0.4 is 22.1 Å². The van der Waals surface area contributed by atoms with Gasteiger partial charge in [-0.05, 0) is 49.8 Å². The number of nitriles is 1. The Morgan fingerprint density at radius 1 is 1.31 bits per heavy atom. The fraction of sp³-hybridized carbons (Fsp3) is 0.136. The van der Waals surface area contributed by atoms with Gasteiger partial charge in [0.25, 0.3) is 0 Å². The Kier molecular flexibility index (Phi) is 9.09. The Hall–Kier alpha value is -3.52. The number of allylic oxidation sites excluding steroid dienone is 4. The van der Waals surface area contributed by atoms with Crippen molar-refractivity contribution in [1.29, 1.82) is 5.26 Å². The SMILES string of the molecule is C\C=C/C(C#N)=C(C)\N=C\c1ccc(SCc2c(F)cccc2N(N)C(=O)NN)c(F)c1. The van der Waals surface area contributed by atoms with Gasteiger partial charge in [0.15, 0.2) is 0 Å². The number of hydrogen-bond donors (Lipinski definition) is 3. The zero-order chi connectivity index (χ0) is 23.7. The molecule has 2 aromatic rings. The summed E-state index contributed by atoms with van der Waals surface area (Å²) < 4.78 is 29.0. The first-order valence-corrected chi connectivity index (χ1v) is 10.3. The summed E-state index contributed by atoms with van der Waals surface area (Å²) in [4.78, 5) is 16.2. The number of anilines is 1. The third kappa shape index (κ3) is 6.24. The normalized spacial score (nSPS) is 12.0. The highest BCUT2D eigenvalue weighted by atomic mass is 32.2. The second-order valence-corrected chi connectivity index (χ2v) is 7.42. The lowest BCUT2D eigenvalue weighted by Crippen LogP contribution is -2.48. The van der Waals surface area contributed by atoms with E-state index in [1.807, 2.05) is 11.5 Å². The van der Waals surface area contributed by atoms with E-state index in [1.165, 1.54) is 30.5 Å². The van der Waals surface area contributed by atoms with Crippen molar-refractivity contribution in [3.05, 3.63) is 82.6 Å². The van der Waals surface area contributed by atoms with Crippen molar-refractivity contribution in [2.75, 3.05) is 5.01 Å². The Bertz CT molecular complexity index is 1120. The van der Waals surface area contributed by atoms with Crippen molar-refractivity contribution < 1.29 is 13.6 Å². The van der Waals surface area contributed by atoms with Crippen molar-refractivity contribution in [3.63, 3.8) is 0 Å². The summed E-state index contributed by atoms with van der Waals surface area (Å²) in [5, 5.41) is 9.80. The predicted molar refractivity (Wildman–Crippen MR) is 122 cm³/mol. The van der Waals surface area contributed by atoms with E-state index in [2.05, 4.69) is 4.99 Å². The number of amides is 2. The van der Waals surface area contributed by atoms with Crippen molar-refractivity contribution in [2.45, 2.75) is 24.5 Å². The molecular weight excluding hydrogens is 434 g/mol. The molecule has 0 atom stereocenters. The molecule has 0 radical (unpaired) electrons. The van der Waals surface area contributed by atoms with Gasteiger partial charge in [0, 0.05) is 22.4 Å². The zero-order valence-electron chi connectivity index (χ0n) is 17.5. The third-order valence-electron chi connectivity index (χ3n) is 4.27. The molecule has 0 aliphatic rings. The highest BCUT2D eigenvalue weighted by Crippen LogP contribution is 2.31. The number of rotatable bonds is 7. The number of hydrazine groups is 2. The van der Waals surface area contributed by atoms with Crippen LogP contribution in [0.25, 0.3) is 0 Å². The number of nitrogens with one attached hydrogen (secondary N) is 1. The summed E-state index contributed by atoms with van der Waals surface area (Å²) in [5.74, 6) is 9.69. The quantitative estimate of drug-likeness (QED) is 0.109. The number of aliphatic imine (C=N–C) groups is 1. The lowest BCUT2D eigenvalue weighted by atomic mass is 10.2. The van der Waals surface area contributed by atoms with Gasteiger partial charge in [-0.1, -0.05) is 18.2 Å². The van der Waals surface area contributed by atoms with Gasteiger partial charge in [-0.2, -0.15) is 5.26 Å². The number of carbonyl (C=O) groups excluding carboxylic acids is 1. The monoisotopic (exact) mass is 456 g/mol. The molecule has 0 unspecified atom stereocenters. The Morgan fingerprint density at radius 2 is 2.06 bits per heavy atom. The summed E-state index contributed by atoms with van der Waals surface area (Å²) in [6.07, 6.45) is 4.83. The molecule has 166 valence electrons. The number of halogens is 2. The van der Waals surface area contributed by atoms with E-state index in [-0.39, 0.29) is 21.9 Å². The molecule has 2 aromatic carbocycles. The Balaban J connectivity index is 2.21. The molecule has 0 aromatic heterocycles. The fourth-order valence-electron chi connectivity index (χ4n) is 2.61. The first-order chi connectivity index (χ1) is 15.3. The minimum absolute atomic E-state index is 0.0225. The lowest BCUT2D eigenvalue weighted by Gasteiger charge is -2.19. The van der Waals surface area contributed by atoms with Crippen molar-refractivity contribution in [2.24, 2.45) is 16.7 Å². The van der Waals surface area contributed by atoms with E-state index < -0.39 is 17.7 Å². The number of thioether (sulfide) groups is 1.